The summed E-state index contributed by atoms with van der Waals surface area (Å²) in [5, 5.41) is 14.1. The second-order valence-electron chi connectivity index (χ2n) is 7.71. The number of hydrogen-bond donors (Lipinski definition) is 1. The van der Waals surface area contributed by atoms with Gasteiger partial charge in [-0.2, -0.15) is 0 Å². The third-order valence-corrected chi connectivity index (χ3v) is 5.44. The molecule has 168 valence electrons. The highest BCUT2D eigenvalue weighted by atomic mass is 16.6. The zero-order valence-electron chi connectivity index (χ0n) is 17.9. The second-order valence-corrected chi connectivity index (χ2v) is 7.71. The summed E-state index contributed by atoms with van der Waals surface area (Å²) in [5.74, 6) is -0.0927. The van der Waals surface area contributed by atoms with Crippen LogP contribution in [0.2, 0.25) is 0 Å². The van der Waals surface area contributed by atoms with E-state index < -0.39 is 10.8 Å². The summed E-state index contributed by atoms with van der Waals surface area (Å²) in [6.45, 7) is 1.24. The van der Waals surface area contributed by atoms with E-state index in [9.17, 15) is 19.7 Å². The van der Waals surface area contributed by atoms with E-state index in [0.717, 1.165) is 19.3 Å². The zero-order valence-corrected chi connectivity index (χ0v) is 17.9. The normalized spacial score (nSPS) is 14.1. The van der Waals surface area contributed by atoms with E-state index in [1.807, 2.05) is 0 Å². The van der Waals surface area contributed by atoms with Crippen molar-refractivity contribution in [3.05, 3.63) is 93.9 Å². The van der Waals surface area contributed by atoms with Crippen LogP contribution >= 0.6 is 0 Å². The highest BCUT2D eigenvalue weighted by Crippen LogP contribution is 2.31. The predicted molar refractivity (Wildman–Crippen MR) is 123 cm³/mol. The van der Waals surface area contributed by atoms with E-state index in [2.05, 4.69) is 5.32 Å². The SMILES string of the molecule is O=C(N/C(=C\c1ccc(-c2ccccc2[N+](=O)[O-])o1)C(=O)N1CCCCC1)c1ccccc1. The minimum absolute atomic E-state index is 0.0793. The first-order valence-corrected chi connectivity index (χ1v) is 10.7. The summed E-state index contributed by atoms with van der Waals surface area (Å²) in [7, 11) is 0. The monoisotopic (exact) mass is 445 g/mol. The fourth-order valence-electron chi connectivity index (χ4n) is 3.76. The Morgan fingerprint density at radius 2 is 1.64 bits per heavy atom. The maximum absolute atomic E-state index is 13.2. The Hall–Kier alpha value is -4.20. The van der Waals surface area contributed by atoms with Crippen molar-refractivity contribution in [2.75, 3.05) is 13.1 Å². The lowest BCUT2D eigenvalue weighted by atomic mass is 10.1. The zero-order chi connectivity index (χ0) is 23.2. The number of amides is 2. The van der Waals surface area contributed by atoms with Gasteiger partial charge in [-0.05, 0) is 49.6 Å². The molecule has 1 saturated heterocycles. The van der Waals surface area contributed by atoms with Gasteiger partial charge in [-0.15, -0.1) is 0 Å². The maximum atomic E-state index is 13.2. The van der Waals surface area contributed by atoms with Gasteiger partial charge in [-0.3, -0.25) is 19.7 Å². The predicted octanol–water partition coefficient (Wildman–Crippen LogP) is 4.64. The van der Waals surface area contributed by atoms with Gasteiger partial charge in [0.05, 0.1) is 10.5 Å². The summed E-state index contributed by atoms with van der Waals surface area (Å²) < 4.78 is 5.81. The molecule has 1 aliphatic rings. The molecule has 4 rings (SSSR count). The topological polar surface area (TPSA) is 106 Å². The van der Waals surface area contributed by atoms with E-state index in [0.29, 0.717) is 35.7 Å². The number of nitro groups is 1. The van der Waals surface area contributed by atoms with Gasteiger partial charge in [0, 0.05) is 30.8 Å². The van der Waals surface area contributed by atoms with Crippen LogP contribution in [-0.2, 0) is 4.79 Å². The average molecular weight is 445 g/mol. The molecule has 0 saturated carbocycles. The fourth-order valence-corrected chi connectivity index (χ4v) is 3.76. The van der Waals surface area contributed by atoms with Gasteiger partial charge in [-0.25, -0.2) is 0 Å². The molecular weight excluding hydrogens is 422 g/mol. The molecule has 0 bridgehead atoms. The first kappa shape index (κ1) is 22.0. The Bertz CT molecular complexity index is 1190. The lowest BCUT2D eigenvalue weighted by molar-refractivity contribution is -0.384. The summed E-state index contributed by atoms with van der Waals surface area (Å²) in [6.07, 6.45) is 4.36. The van der Waals surface area contributed by atoms with Gasteiger partial charge >= 0.3 is 0 Å². The van der Waals surface area contributed by atoms with Gasteiger partial charge in [0.2, 0.25) is 0 Å². The molecular formula is C25H23N3O5. The van der Waals surface area contributed by atoms with Crippen LogP contribution in [0.1, 0.15) is 35.4 Å². The molecule has 8 nitrogen and oxygen atoms in total. The van der Waals surface area contributed by atoms with E-state index >= 15 is 0 Å². The van der Waals surface area contributed by atoms with Crippen molar-refractivity contribution >= 4 is 23.6 Å². The van der Waals surface area contributed by atoms with Crippen LogP contribution in [0.25, 0.3) is 17.4 Å². The fraction of sp³-hybridized carbons (Fsp3) is 0.200. The van der Waals surface area contributed by atoms with Crippen LogP contribution in [0, 0.1) is 10.1 Å². The molecule has 0 unspecified atom stereocenters. The van der Waals surface area contributed by atoms with Gasteiger partial charge in [0.25, 0.3) is 17.5 Å². The minimum atomic E-state index is -0.473. The third-order valence-electron chi connectivity index (χ3n) is 5.44. The van der Waals surface area contributed by atoms with Crippen LogP contribution in [0.3, 0.4) is 0 Å². The first-order valence-electron chi connectivity index (χ1n) is 10.7. The molecule has 1 aromatic heterocycles. The Morgan fingerprint density at radius 1 is 0.939 bits per heavy atom. The molecule has 2 aromatic carbocycles. The molecule has 0 radical (unpaired) electrons. The van der Waals surface area contributed by atoms with Crippen molar-refractivity contribution in [1.29, 1.82) is 0 Å². The number of nitro benzene ring substituents is 1. The smallest absolute Gasteiger partial charge is 0.280 e. The highest BCUT2D eigenvalue weighted by molar-refractivity contribution is 6.05. The quantitative estimate of drug-likeness (QED) is 0.338. The molecule has 8 heteroatoms. The minimum Gasteiger partial charge on any atom is -0.456 e. The van der Waals surface area contributed by atoms with E-state index in [-0.39, 0.29) is 17.3 Å². The number of nitrogens with zero attached hydrogens (tertiary/aromatic N) is 2. The van der Waals surface area contributed by atoms with Crippen LogP contribution in [0.15, 0.2) is 76.8 Å². The number of furan rings is 1. The Labute approximate surface area is 190 Å². The van der Waals surface area contributed by atoms with E-state index in [4.69, 9.17) is 4.42 Å². The summed E-state index contributed by atoms with van der Waals surface area (Å²) >= 11 is 0. The van der Waals surface area contributed by atoms with Crippen molar-refractivity contribution < 1.29 is 18.9 Å². The average Bonchev–Trinajstić information content (AvgIpc) is 3.32. The largest absolute Gasteiger partial charge is 0.456 e. The molecule has 1 N–H and O–H groups in total. The summed E-state index contributed by atoms with van der Waals surface area (Å²) in [5.41, 5.74) is 0.771. The number of hydrogen-bond acceptors (Lipinski definition) is 5. The van der Waals surface area contributed by atoms with Gasteiger partial charge in [-0.1, -0.05) is 30.3 Å². The molecule has 0 atom stereocenters. The van der Waals surface area contributed by atoms with Crippen LogP contribution in [-0.4, -0.2) is 34.7 Å². The number of benzene rings is 2. The van der Waals surface area contributed by atoms with Crippen molar-refractivity contribution in [3.8, 4) is 11.3 Å². The molecule has 3 aromatic rings. The molecule has 1 fully saturated rings. The Morgan fingerprint density at radius 3 is 2.36 bits per heavy atom. The van der Waals surface area contributed by atoms with E-state index in [1.165, 1.54) is 12.1 Å². The van der Waals surface area contributed by atoms with Crippen LogP contribution < -0.4 is 5.32 Å². The number of carbonyl (C=O) groups excluding carboxylic acids is 2. The van der Waals surface area contributed by atoms with Gasteiger partial charge < -0.3 is 14.6 Å². The highest BCUT2D eigenvalue weighted by Gasteiger charge is 2.23. The van der Waals surface area contributed by atoms with Crippen LogP contribution in [0.5, 0.6) is 0 Å². The lowest BCUT2D eigenvalue weighted by Crippen LogP contribution is -2.41. The summed E-state index contributed by atoms with van der Waals surface area (Å²) in [6, 6.07) is 18.1. The Kier molecular flexibility index (Phi) is 6.64. The van der Waals surface area contributed by atoms with Crippen molar-refractivity contribution in [1.82, 2.24) is 10.2 Å². The number of rotatable bonds is 6. The lowest BCUT2D eigenvalue weighted by Gasteiger charge is -2.27. The van der Waals surface area contributed by atoms with Gasteiger partial charge in [0.15, 0.2) is 0 Å². The molecule has 0 spiro atoms. The van der Waals surface area contributed by atoms with Crippen molar-refractivity contribution in [2.45, 2.75) is 19.3 Å². The Balaban J connectivity index is 1.65. The number of piperidine rings is 1. The van der Waals surface area contributed by atoms with Crippen molar-refractivity contribution in [3.63, 3.8) is 0 Å². The van der Waals surface area contributed by atoms with E-state index in [1.54, 1.807) is 65.6 Å². The van der Waals surface area contributed by atoms with Gasteiger partial charge in [0.1, 0.15) is 17.2 Å². The molecule has 1 aliphatic heterocycles. The second kappa shape index (κ2) is 9.95. The number of likely N-dealkylation sites (tertiary alicyclic amines) is 1. The number of nitrogens with one attached hydrogen (secondary N) is 1. The third kappa shape index (κ3) is 5.17. The number of carbonyl (C=O) groups is 2. The first-order chi connectivity index (χ1) is 16.0. The van der Waals surface area contributed by atoms with Crippen LogP contribution in [0.4, 0.5) is 5.69 Å². The maximum Gasteiger partial charge on any atom is 0.280 e. The van der Waals surface area contributed by atoms with Crippen molar-refractivity contribution in [2.24, 2.45) is 0 Å². The summed E-state index contributed by atoms with van der Waals surface area (Å²) in [4.78, 5) is 38.5. The standard InChI is InChI=1S/C25H23N3O5/c29-24(18-9-3-1-4-10-18)26-21(25(30)27-15-7-2-8-16-27)17-19-13-14-23(33-19)20-11-5-6-12-22(20)28(31)32/h1,3-6,9-14,17H,2,7-8,15-16H2,(H,26,29)/b21-17-. The molecule has 0 aliphatic carbocycles. The molecule has 2 heterocycles. The number of para-hydroxylation sites is 1. The molecule has 2 amide bonds. The molecule has 33 heavy (non-hydrogen) atoms.